The molecule has 0 aromatic heterocycles. The fourth-order valence-electron chi connectivity index (χ4n) is 1.67. The second-order valence-electron chi connectivity index (χ2n) is 4.18. The minimum atomic E-state index is -4.74. The summed E-state index contributed by atoms with van der Waals surface area (Å²) >= 11 is 3.01. The zero-order chi connectivity index (χ0) is 15.5. The van der Waals surface area contributed by atoms with Gasteiger partial charge < -0.3 is 10.1 Å². The minimum absolute atomic E-state index is 0.170. The number of hydrogen-bond donors (Lipinski definition) is 1. The van der Waals surface area contributed by atoms with E-state index < -0.39 is 6.36 Å². The van der Waals surface area contributed by atoms with E-state index >= 15 is 0 Å². The quantitative estimate of drug-likeness (QED) is 0.763. The van der Waals surface area contributed by atoms with Gasteiger partial charge in [-0.05, 0) is 51.8 Å². The molecule has 0 radical (unpaired) electrons. The highest BCUT2D eigenvalue weighted by atomic mass is 79.9. The van der Waals surface area contributed by atoms with Crippen LogP contribution in [0.2, 0.25) is 0 Å². The summed E-state index contributed by atoms with van der Waals surface area (Å²) in [6, 6.07) is 10.2. The van der Waals surface area contributed by atoms with Crippen LogP contribution >= 0.6 is 15.9 Å². The zero-order valence-electron chi connectivity index (χ0n) is 10.5. The third kappa shape index (κ3) is 4.93. The van der Waals surface area contributed by atoms with Gasteiger partial charge in [0.25, 0.3) is 0 Å². The lowest BCUT2D eigenvalue weighted by atomic mass is 10.2. The molecule has 0 amide bonds. The molecule has 2 aromatic rings. The maximum Gasteiger partial charge on any atom is 0.573 e. The summed E-state index contributed by atoms with van der Waals surface area (Å²) in [5, 5.41) is 2.99. The van der Waals surface area contributed by atoms with Gasteiger partial charge in [-0.3, -0.25) is 0 Å². The van der Waals surface area contributed by atoms with Crippen molar-refractivity contribution < 1.29 is 22.3 Å². The molecule has 0 unspecified atom stereocenters. The molecule has 0 bridgehead atoms. The standard InChI is InChI=1S/C14H10BrF4NO/c15-12-7-11(4-5-13(12)21-14(17,18)19)20-8-9-2-1-3-10(16)6-9/h1-7,20H,8H2. The topological polar surface area (TPSA) is 21.3 Å². The average Bonchev–Trinajstić information content (AvgIpc) is 2.38. The van der Waals surface area contributed by atoms with Crippen molar-refractivity contribution in [2.45, 2.75) is 12.9 Å². The highest BCUT2D eigenvalue weighted by Gasteiger charge is 2.31. The van der Waals surface area contributed by atoms with Gasteiger partial charge in [0.15, 0.2) is 0 Å². The van der Waals surface area contributed by atoms with E-state index in [0.29, 0.717) is 12.2 Å². The van der Waals surface area contributed by atoms with Crippen LogP contribution in [0.15, 0.2) is 46.9 Å². The van der Waals surface area contributed by atoms with Crippen LogP contribution in [0.5, 0.6) is 5.75 Å². The van der Waals surface area contributed by atoms with Crippen molar-refractivity contribution in [1.29, 1.82) is 0 Å². The SMILES string of the molecule is Fc1cccc(CNc2ccc(OC(F)(F)F)c(Br)c2)c1. The summed E-state index contributed by atoms with van der Waals surface area (Å²) in [4.78, 5) is 0. The van der Waals surface area contributed by atoms with Crippen LogP contribution in [-0.2, 0) is 6.54 Å². The van der Waals surface area contributed by atoms with E-state index in [2.05, 4.69) is 26.0 Å². The van der Waals surface area contributed by atoms with Crippen molar-refractivity contribution in [2.75, 3.05) is 5.32 Å². The zero-order valence-corrected chi connectivity index (χ0v) is 12.1. The Labute approximate surface area is 126 Å². The summed E-state index contributed by atoms with van der Waals surface area (Å²) in [6.45, 7) is 0.351. The molecule has 21 heavy (non-hydrogen) atoms. The van der Waals surface area contributed by atoms with Crippen LogP contribution in [0.3, 0.4) is 0 Å². The molecular formula is C14H10BrF4NO. The molecule has 2 rings (SSSR count). The monoisotopic (exact) mass is 363 g/mol. The van der Waals surface area contributed by atoms with Crippen LogP contribution in [0.4, 0.5) is 23.2 Å². The second kappa shape index (κ2) is 6.34. The van der Waals surface area contributed by atoms with Gasteiger partial charge in [-0.25, -0.2) is 4.39 Å². The summed E-state index contributed by atoms with van der Waals surface area (Å²) in [6.07, 6.45) is -4.74. The molecule has 7 heteroatoms. The summed E-state index contributed by atoms with van der Waals surface area (Å²) in [5.74, 6) is -0.664. The predicted molar refractivity (Wildman–Crippen MR) is 74.6 cm³/mol. The summed E-state index contributed by atoms with van der Waals surface area (Å²) < 4.78 is 53.4. The number of halogens is 5. The van der Waals surface area contributed by atoms with E-state index in [0.717, 1.165) is 5.56 Å². The largest absolute Gasteiger partial charge is 0.573 e. The van der Waals surface area contributed by atoms with Crippen molar-refractivity contribution in [3.05, 3.63) is 58.3 Å². The maximum atomic E-state index is 13.0. The van der Waals surface area contributed by atoms with Gasteiger partial charge in [0.2, 0.25) is 0 Å². The van der Waals surface area contributed by atoms with Crippen LogP contribution in [-0.4, -0.2) is 6.36 Å². The van der Waals surface area contributed by atoms with Gasteiger partial charge in [0.05, 0.1) is 4.47 Å². The van der Waals surface area contributed by atoms with Crippen LogP contribution in [0.1, 0.15) is 5.56 Å². The molecule has 0 saturated carbocycles. The van der Waals surface area contributed by atoms with Gasteiger partial charge in [0, 0.05) is 12.2 Å². The van der Waals surface area contributed by atoms with Crippen molar-refractivity contribution in [1.82, 2.24) is 0 Å². The number of ether oxygens (including phenoxy) is 1. The molecular weight excluding hydrogens is 354 g/mol. The Bertz CT molecular complexity index is 631. The molecule has 0 aliphatic heterocycles. The van der Waals surface area contributed by atoms with Gasteiger partial charge in [-0.15, -0.1) is 13.2 Å². The van der Waals surface area contributed by atoms with E-state index in [-0.39, 0.29) is 16.0 Å². The lowest BCUT2D eigenvalue weighted by molar-refractivity contribution is -0.274. The number of benzene rings is 2. The Morgan fingerprint density at radius 3 is 2.48 bits per heavy atom. The van der Waals surface area contributed by atoms with Crippen molar-refractivity contribution in [3.8, 4) is 5.75 Å². The predicted octanol–water partition coefficient (Wildman–Crippen LogP) is 5.10. The first-order chi connectivity index (χ1) is 9.83. The molecule has 2 nitrogen and oxygen atoms in total. The van der Waals surface area contributed by atoms with Crippen LogP contribution in [0, 0.1) is 5.82 Å². The highest BCUT2D eigenvalue weighted by Crippen LogP contribution is 2.32. The van der Waals surface area contributed by atoms with Gasteiger partial charge in [-0.2, -0.15) is 0 Å². The average molecular weight is 364 g/mol. The van der Waals surface area contributed by atoms with Crippen molar-refractivity contribution in [2.24, 2.45) is 0 Å². The van der Waals surface area contributed by atoms with E-state index in [1.54, 1.807) is 12.1 Å². The van der Waals surface area contributed by atoms with Crippen LogP contribution in [0.25, 0.3) is 0 Å². The second-order valence-corrected chi connectivity index (χ2v) is 5.03. The first-order valence-electron chi connectivity index (χ1n) is 5.87. The van der Waals surface area contributed by atoms with Crippen LogP contribution < -0.4 is 10.1 Å². The Balaban J connectivity index is 2.03. The first-order valence-corrected chi connectivity index (χ1v) is 6.66. The third-order valence-electron chi connectivity index (χ3n) is 2.54. The fraction of sp³-hybridized carbons (Fsp3) is 0.143. The molecule has 0 fully saturated rings. The molecule has 112 valence electrons. The third-order valence-corrected chi connectivity index (χ3v) is 3.16. The van der Waals surface area contributed by atoms with Gasteiger partial charge in [0.1, 0.15) is 11.6 Å². The number of anilines is 1. The number of rotatable bonds is 4. The maximum absolute atomic E-state index is 13.0. The smallest absolute Gasteiger partial charge is 0.405 e. The van der Waals surface area contributed by atoms with E-state index in [1.165, 1.54) is 30.3 Å². The number of nitrogens with one attached hydrogen (secondary N) is 1. The lowest BCUT2D eigenvalue weighted by Gasteiger charge is -2.12. The van der Waals surface area contributed by atoms with E-state index in [1.807, 2.05) is 0 Å². The minimum Gasteiger partial charge on any atom is -0.405 e. The molecule has 0 atom stereocenters. The molecule has 0 heterocycles. The molecule has 0 aliphatic carbocycles. The Kier molecular flexibility index (Phi) is 4.72. The summed E-state index contributed by atoms with van der Waals surface area (Å²) in [5.41, 5.74) is 1.31. The first kappa shape index (κ1) is 15.6. The van der Waals surface area contributed by atoms with Gasteiger partial charge >= 0.3 is 6.36 Å². The molecule has 1 N–H and O–H groups in total. The van der Waals surface area contributed by atoms with Crippen molar-refractivity contribution >= 4 is 21.6 Å². The molecule has 0 aliphatic rings. The Morgan fingerprint density at radius 2 is 1.86 bits per heavy atom. The van der Waals surface area contributed by atoms with E-state index in [9.17, 15) is 17.6 Å². The lowest BCUT2D eigenvalue weighted by Crippen LogP contribution is -2.17. The number of hydrogen-bond acceptors (Lipinski definition) is 2. The molecule has 0 saturated heterocycles. The highest BCUT2D eigenvalue weighted by molar-refractivity contribution is 9.10. The van der Waals surface area contributed by atoms with Gasteiger partial charge in [-0.1, -0.05) is 12.1 Å². The number of alkyl halides is 3. The summed E-state index contributed by atoms with van der Waals surface area (Å²) in [7, 11) is 0. The molecule has 2 aromatic carbocycles. The molecule has 0 spiro atoms. The fourth-order valence-corrected chi connectivity index (χ4v) is 2.13. The Hall–Kier alpha value is -1.76. The van der Waals surface area contributed by atoms with E-state index in [4.69, 9.17) is 0 Å². The normalized spacial score (nSPS) is 11.3. The van der Waals surface area contributed by atoms with Crippen molar-refractivity contribution in [3.63, 3.8) is 0 Å². The Morgan fingerprint density at radius 1 is 1.10 bits per heavy atom.